The van der Waals surface area contributed by atoms with Crippen molar-refractivity contribution in [1.29, 1.82) is 0 Å². The molecule has 0 saturated carbocycles. The van der Waals surface area contributed by atoms with Crippen molar-refractivity contribution in [3.63, 3.8) is 0 Å². The SMILES string of the molecule is NCCC(C(=O)Oc1ccc(N)cc1)C1CCSSC1. The third-order valence-electron chi connectivity index (χ3n) is 3.39. The summed E-state index contributed by atoms with van der Waals surface area (Å²) in [6.45, 7) is 0.510. The van der Waals surface area contributed by atoms with E-state index < -0.39 is 0 Å². The second-order valence-corrected chi connectivity index (χ2v) is 7.46. The van der Waals surface area contributed by atoms with Gasteiger partial charge in [-0.15, -0.1) is 0 Å². The van der Waals surface area contributed by atoms with E-state index in [1.54, 1.807) is 24.3 Å². The lowest BCUT2D eigenvalue weighted by atomic mass is 9.89. The topological polar surface area (TPSA) is 78.3 Å². The van der Waals surface area contributed by atoms with Gasteiger partial charge in [0.1, 0.15) is 5.75 Å². The molecule has 0 aromatic heterocycles. The minimum atomic E-state index is -0.169. The van der Waals surface area contributed by atoms with Crippen LogP contribution in [0.15, 0.2) is 24.3 Å². The fourth-order valence-electron chi connectivity index (χ4n) is 2.25. The van der Waals surface area contributed by atoms with Crippen molar-refractivity contribution < 1.29 is 9.53 Å². The molecule has 2 unspecified atom stereocenters. The van der Waals surface area contributed by atoms with Crippen LogP contribution >= 0.6 is 21.6 Å². The lowest BCUT2D eigenvalue weighted by molar-refractivity contribution is -0.140. The van der Waals surface area contributed by atoms with Gasteiger partial charge in [0.2, 0.25) is 0 Å². The summed E-state index contributed by atoms with van der Waals surface area (Å²) in [5.41, 5.74) is 11.9. The quantitative estimate of drug-likeness (QED) is 0.376. The number of nitrogen functional groups attached to an aromatic ring is 1. The van der Waals surface area contributed by atoms with E-state index in [0.29, 0.717) is 30.3 Å². The molecule has 110 valence electrons. The van der Waals surface area contributed by atoms with Crippen LogP contribution in [0.4, 0.5) is 5.69 Å². The Balaban J connectivity index is 2.00. The molecule has 1 aliphatic rings. The Kier molecular flexibility index (Phi) is 6.06. The molecule has 2 rings (SSSR count). The van der Waals surface area contributed by atoms with Gasteiger partial charge in [0.25, 0.3) is 0 Å². The van der Waals surface area contributed by atoms with Gasteiger partial charge in [-0.2, -0.15) is 0 Å². The fourth-order valence-corrected chi connectivity index (χ4v) is 4.89. The Morgan fingerprint density at radius 3 is 2.70 bits per heavy atom. The average molecular weight is 312 g/mol. The lowest BCUT2D eigenvalue weighted by Gasteiger charge is -2.27. The van der Waals surface area contributed by atoms with Crippen molar-refractivity contribution in [2.45, 2.75) is 12.8 Å². The van der Waals surface area contributed by atoms with Crippen LogP contribution in [0.1, 0.15) is 12.8 Å². The molecule has 4 N–H and O–H groups in total. The van der Waals surface area contributed by atoms with Gasteiger partial charge in [-0.05, 0) is 49.6 Å². The maximum Gasteiger partial charge on any atom is 0.314 e. The highest BCUT2D eigenvalue weighted by atomic mass is 33.1. The van der Waals surface area contributed by atoms with E-state index in [9.17, 15) is 4.79 Å². The van der Waals surface area contributed by atoms with Gasteiger partial charge in [-0.25, -0.2) is 0 Å². The molecule has 0 bridgehead atoms. The number of carbonyl (C=O) groups excluding carboxylic acids is 1. The van der Waals surface area contributed by atoms with Crippen LogP contribution in [0.25, 0.3) is 0 Å². The first-order chi connectivity index (χ1) is 9.70. The van der Waals surface area contributed by atoms with E-state index in [4.69, 9.17) is 16.2 Å². The van der Waals surface area contributed by atoms with Gasteiger partial charge < -0.3 is 16.2 Å². The molecule has 0 spiro atoms. The number of esters is 1. The van der Waals surface area contributed by atoms with Crippen molar-refractivity contribution in [1.82, 2.24) is 0 Å². The molecule has 1 aromatic rings. The molecule has 0 aliphatic carbocycles. The first-order valence-corrected chi connectivity index (χ1v) is 9.21. The Labute approximate surface area is 127 Å². The summed E-state index contributed by atoms with van der Waals surface area (Å²) in [6, 6.07) is 6.90. The highest BCUT2D eigenvalue weighted by Crippen LogP contribution is 2.37. The normalized spacial score (nSPS) is 20.4. The third kappa shape index (κ3) is 4.33. The molecule has 1 heterocycles. The first-order valence-electron chi connectivity index (χ1n) is 6.72. The monoisotopic (exact) mass is 312 g/mol. The summed E-state index contributed by atoms with van der Waals surface area (Å²) in [4.78, 5) is 12.4. The number of hydrogen-bond acceptors (Lipinski definition) is 6. The lowest BCUT2D eigenvalue weighted by Crippen LogP contribution is -2.32. The predicted octanol–water partition coefficient (Wildman–Crippen LogP) is 2.54. The zero-order valence-corrected chi connectivity index (χ0v) is 12.9. The minimum Gasteiger partial charge on any atom is -0.426 e. The summed E-state index contributed by atoms with van der Waals surface area (Å²) >= 11 is 0. The number of carbonyl (C=O) groups is 1. The largest absolute Gasteiger partial charge is 0.426 e. The Bertz CT molecular complexity index is 433. The van der Waals surface area contributed by atoms with E-state index in [1.807, 2.05) is 21.6 Å². The summed E-state index contributed by atoms with van der Waals surface area (Å²) in [5.74, 6) is 2.72. The zero-order chi connectivity index (χ0) is 14.4. The van der Waals surface area contributed by atoms with Crippen molar-refractivity contribution in [2.24, 2.45) is 17.6 Å². The first kappa shape index (κ1) is 15.5. The van der Waals surface area contributed by atoms with Crippen LogP contribution in [0.3, 0.4) is 0 Å². The van der Waals surface area contributed by atoms with Gasteiger partial charge in [0.05, 0.1) is 5.92 Å². The molecule has 1 fully saturated rings. The standard InChI is InChI=1S/C14H20N2O2S2/c15-7-5-13(10-6-8-19-20-9-10)14(17)18-12-3-1-11(16)2-4-12/h1-4,10,13H,5-9,15-16H2. The van der Waals surface area contributed by atoms with Crippen LogP contribution in [0.2, 0.25) is 0 Å². The summed E-state index contributed by atoms with van der Waals surface area (Å²) in [6.07, 6.45) is 1.74. The third-order valence-corrected chi connectivity index (χ3v) is 5.93. The molecule has 20 heavy (non-hydrogen) atoms. The van der Waals surface area contributed by atoms with Gasteiger partial charge in [-0.3, -0.25) is 4.79 Å². The van der Waals surface area contributed by atoms with E-state index >= 15 is 0 Å². The fraction of sp³-hybridized carbons (Fsp3) is 0.500. The van der Waals surface area contributed by atoms with Crippen molar-refractivity contribution in [3.05, 3.63) is 24.3 Å². The van der Waals surface area contributed by atoms with E-state index in [-0.39, 0.29) is 11.9 Å². The molecule has 0 radical (unpaired) electrons. The second-order valence-electron chi connectivity index (χ2n) is 4.83. The van der Waals surface area contributed by atoms with Crippen molar-refractivity contribution in [2.75, 3.05) is 23.8 Å². The zero-order valence-electron chi connectivity index (χ0n) is 11.3. The minimum absolute atomic E-state index is 0.106. The van der Waals surface area contributed by atoms with Crippen molar-refractivity contribution >= 4 is 33.2 Å². The Morgan fingerprint density at radius 2 is 2.10 bits per heavy atom. The predicted molar refractivity (Wildman–Crippen MR) is 86.7 cm³/mol. The number of benzene rings is 1. The highest BCUT2D eigenvalue weighted by molar-refractivity contribution is 8.76. The van der Waals surface area contributed by atoms with Gasteiger partial charge in [0.15, 0.2) is 0 Å². The van der Waals surface area contributed by atoms with Crippen molar-refractivity contribution in [3.8, 4) is 5.75 Å². The number of ether oxygens (including phenoxy) is 1. The van der Waals surface area contributed by atoms with Crippen LogP contribution in [0, 0.1) is 11.8 Å². The molecule has 1 aliphatic heterocycles. The van der Waals surface area contributed by atoms with Gasteiger partial charge in [-0.1, -0.05) is 21.6 Å². The Morgan fingerprint density at radius 1 is 1.35 bits per heavy atom. The number of anilines is 1. The smallest absolute Gasteiger partial charge is 0.314 e. The maximum atomic E-state index is 12.4. The maximum absolute atomic E-state index is 12.4. The molecule has 1 saturated heterocycles. The molecule has 1 aromatic carbocycles. The van der Waals surface area contributed by atoms with Gasteiger partial charge in [0, 0.05) is 17.2 Å². The molecule has 2 atom stereocenters. The number of rotatable bonds is 5. The number of nitrogens with two attached hydrogens (primary N) is 2. The van der Waals surface area contributed by atoms with Crippen LogP contribution in [0.5, 0.6) is 5.75 Å². The molecular formula is C14H20N2O2S2. The average Bonchev–Trinajstić information content (AvgIpc) is 2.48. The second kappa shape index (κ2) is 7.81. The van der Waals surface area contributed by atoms with Crippen LogP contribution in [-0.2, 0) is 4.79 Å². The van der Waals surface area contributed by atoms with Crippen LogP contribution < -0.4 is 16.2 Å². The summed E-state index contributed by atoms with van der Waals surface area (Å²) in [5, 5.41) is 0. The molecule has 0 amide bonds. The Hall–Kier alpha value is -0.850. The molecule has 4 nitrogen and oxygen atoms in total. The summed E-state index contributed by atoms with van der Waals surface area (Å²) < 4.78 is 5.47. The number of hydrogen-bond donors (Lipinski definition) is 2. The van der Waals surface area contributed by atoms with Gasteiger partial charge >= 0.3 is 5.97 Å². The highest BCUT2D eigenvalue weighted by Gasteiger charge is 2.31. The molecule has 6 heteroatoms. The van der Waals surface area contributed by atoms with Crippen LogP contribution in [-0.4, -0.2) is 24.0 Å². The van der Waals surface area contributed by atoms with E-state index in [0.717, 1.165) is 17.9 Å². The molecular weight excluding hydrogens is 292 g/mol. The summed E-state index contributed by atoms with van der Waals surface area (Å²) in [7, 11) is 3.71. The van der Waals surface area contributed by atoms with E-state index in [1.165, 1.54) is 0 Å². The van der Waals surface area contributed by atoms with E-state index in [2.05, 4.69) is 0 Å².